The lowest BCUT2D eigenvalue weighted by molar-refractivity contribution is -0.274. The highest BCUT2D eigenvalue weighted by Crippen LogP contribution is 2.24. The predicted octanol–water partition coefficient (Wildman–Crippen LogP) is 1.58. The van der Waals surface area contributed by atoms with Gasteiger partial charge in [-0.05, 0) is 17.7 Å². The van der Waals surface area contributed by atoms with Crippen LogP contribution < -0.4 is 10.5 Å². The smallest absolute Gasteiger partial charge is 0.406 e. The van der Waals surface area contributed by atoms with Crippen LogP contribution in [0, 0.1) is 0 Å². The Morgan fingerprint density at radius 3 is 2.20 bits per heavy atom. The fraction of sp³-hybridized carbons (Fsp3) is 0.333. The minimum absolute atomic E-state index is 0.0134. The van der Waals surface area contributed by atoms with Crippen molar-refractivity contribution in [3.8, 4) is 5.75 Å². The Bertz CT molecular complexity index is 310. The quantitative estimate of drug-likeness (QED) is 0.814. The molecule has 0 aliphatic heterocycles. The third-order valence-electron chi connectivity index (χ3n) is 1.72. The van der Waals surface area contributed by atoms with Crippen LogP contribution in [0.4, 0.5) is 13.2 Å². The van der Waals surface area contributed by atoms with Gasteiger partial charge in [-0.3, -0.25) is 0 Å². The summed E-state index contributed by atoms with van der Waals surface area (Å²) in [6, 6.07) is 4.92. The standard InChI is InChI=1S/C9H10F3NO2/c10-9(11,12)15-7-3-1-6(2-4-7)8(14)5-13/h1-4,8,14H,5,13H2/t8-/m1/s1. The van der Waals surface area contributed by atoms with Crippen LogP contribution in [0.3, 0.4) is 0 Å². The highest BCUT2D eigenvalue weighted by Gasteiger charge is 2.30. The van der Waals surface area contributed by atoms with Crippen LogP contribution >= 0.6 is 0 Å². The average molecular weight is 221 g/mol. The number of benzene rings is 1. The Morgan fingerprint density at radius 2 is 1.80 bits per heavy atom. The SMILES string of the molecule is NC[C@@H](O)c1ccc(OC(F)(F)F)cc1. The maximum atomic E-state index is 11.8. The fourth-order valence-corrected chi connectivity index (χ4v) is 1.03. The van der Waals surface area contributed by atoms with Crippen molar-refractivity contribution in [3.63, 3.8) is 0 Å². The number of halogens is 3. The van der Waals surface area contributed by atoms with Crippen molar-refractivity contribution in [2.45, 2.75) is 12.5 Å². The average Bonchev–Trinajstić information content (AvgIpc) is 2.15. The third-order valence-corrected chi connectivity index (χ3v) is 1.72. The topological polar surface area (TPSA) is 55.5 Å². The van der Waals surface area contributed by atoms with Crippen molar-refractivity contribution in [1.82, 2.24) is 0 Å². The number of aliphatic hydroxyl groups is 1. The molecule has 0 amide bonds. The van der Waals surface area contributed by atoms with E-state index in [0.29, 0.717) is 5.56 Å². The number of aliphatic hydroxyl groups excluding tert-OH is 1. The van der Waals surface area contributed by atoms with Gasteiger partial charge in [0.1, 0.15) is 5.75 Å². The highest BCUT2D eigenvalue weighted by atomic mass is 19.4. The Labute approximate surface area is 84.3 Å². The lowest BCUT2D eigenvalue weighted by atomic mass is 10.1. The van der Waals surface area contributed by atoms with Gasteiger partial charge in [0, 0.05) is 6.54 Å². The van der Waals surface area contributed by atoms with Gasteiger partial charge < -0.3 is 15.6 Å². The van der Waals surface area contributed by atoms with Crippen molar-refractivity contribution in [2.24, 2.45) is 5.73 Å². The van der Waals surface area contributed by atoms with Crippen LogP contribution in [-0.4, -0.2) is 18.0 Å². The van der Waals surface area contributed by atoms with Gasteiger partial charge in [-0.25, -0.2) is 0 Å². The summed E-state index contributed by atoms with van der Waals surface area (Å²) in [5, 5.41) is 9.26. The van der Waals surface area contributed by atoms with Gasteiger partial charge in [0.05, 0.1) is 6.10 Å². The minimum Gasteiger partial charge on any atom is -0.406 e. The first-order valence-corrected chi connectivity index (χ1v) is 4.16. The van der Waals surface area contributed by atoms with E-state index >= 15 is 0 Å². The van der Waals surface area contributed by atoms with Gasteiger partial charge in [-0.1, -0.05) is 12.1 Å². The van der Waals surface area contributed by atoms with Crippen LogP contribution in [0.25, 0.3) is 0 Å². The molecule has 0 heterocycles. The molecule has 1 aromatic carbocycles. The number of hydrogen-bond acceptors (Lipinski definition) is 3. The third kappa shape index (κ3) is 3.77. The summed E-state index contributed by atoms with van der Waals surface area (Å²) >= 11 is 0. The Balaban J connectivity index is 2.72. The molecule has 0 radical (unpaired) electrons. The number of nitrogens with two attached hydrogens (primary N) is 1. The van der Waals surface area contributed by atoms with Crippen LogP contribution in [-0.2, 0) is 0 Å². The molecule has 0 spiro atoms. The lowest BCUT2D eigenvalue weighted by Crippen LogP contribution is -2.17. The largest absolute Gasteiger partial charge is 0.573 e. The zero-order chi connectivity index (χ0) is 11.5. The second-order valence-corrected chi connectivity index (χ2v) is 2.87. The molecule has 6 heteroatoms. The van der Waals surface area contributed by atoms with E-state index in [-0.39, 0.29) is 12.3 Å². The second kappa shape index (κ2) is 4.50. The summed E-state index contributed by atoms with van der Waals surface area (Å²) in [4.78, 5) is 0. The van der Waals surface area contributed by atoms with Gasteiger partial charge in [-0.15, -0.1) is 13.2 Å². The van der Waals surface area contributed by atoms with Gasteiger partial charge in [0.15, 0.2) is 0 Å². The molecule has 0 aromatic heterocycles. The van der Waals surface area contributed by atoms with Crippen molar-refractivity contribution in [2.75, 3.05) is 6.54 Å². The highest BCUT2D eigenvalue weighted by molar-refractivity contribution is 5.28. The van der Waals surface area contributed by atoms with Gasteiger partial charge in [0.25, 0.3) is 0 Å². The van der Waals surface area contributed by atoms with Crippen molar-refractivity contribution in [1.29, 1.82) is 0 Å². The Morgan fingerprint density at radius 1 is 1.27 bits per heavy atom. The summed E-state index contributed by atoms with van der Waals surface area (Å²) in [5.74, 6) is -0.324. The van der Waals surface area contributed by atoms with E-state index in [1.807, 2.05) is 0 Å². The molecule has 0 unspecified atom stereocenters. The molecule has 3 N–H and O–H groups in total. The Kier molecular flexibility index (Phi) is 3.54. The van der Waals surface area contributed by atoms with Gasteiger partial charge in [0.2, 0.25) is 0 Å². The lowest BCUT2D eigenvalue weighted by Gasteiger charge is -2.11. The minimum atomic E-state index is -4.70. The molecule has 1 atom stereocenters. The van der Waals surface area contributed by atoms with Crippen LogP contribution in [0.1, 0.15) is 11.7 Å². The molecule has 0 aliphatic carbocycles. The van der Waals surface area contributed by atoms with E-state index in [0.717, 1.165) is 12.1 Å². The van der Waals surface area contributed by atoms with E-state index in [1.54, 1.807) is 0 Å². The Hall–Kier alpha value is -1.27. The molecular formula is C9H10F3NO2. The van der Waals surface area contributed by atoms with E-state index in [1.165, 1.54) is 12.1 Å². The van der Waals surface area contributed by atoms with E-state index in [4.69, 9.17) is 5.73 Å². The normalized spacial score (nSPS) is 13.7. The van der Waals surface area contributed by atoms with E-state index < -0.39 is 12.5 Å². The second-order valence-electron chi connectivity index (χ2n) is 2.87. The number of alkyl halides is 3. The molecule has 84 valence electrons. The first-order valence-electron chi connectivity index (χ1n) is 4.16. The first-order chi connectivity index (χ1) is 6.92. The van der Waals surface area contributed by atoms with Crippen LogP contribution in [0.15, 0.2) is 24.3 Å². The molecule has 1 rings (SSSR count). The molecule has 0 fully saturated rings. The molecule has 0 aliphatic rings. The number of rotatable bonds is 3. The maximum absolute atomic E-state index is 11.8. The number of hydrogen-bond donors (Lipinski definition) is 2. The molecule has 0 bridgehead atoms. The first kappa shape index (κ1) is 11.8. The maximum Gasteiger partial charge on any atom is 0.573 e. The summed E-state index contributed by atoms with van der Waals surface area (Å²) in [7, 11) is 0. The predicted molar refractivity (Wildman–Crippen MR) is 47.1 cm³/mol. The van der Waals surface area contributed by atoms with E-state index in [9.17, 15) is 18.3 Å². The molecule has 3 nitrogen and oxygen atoms in total. The summed E-state index contributed by atoms with van der Waals surface area (Å²) in [6.07, 6.45) is -5.57. The summed E-state index contributed by atoms with van der Waals surface area (Å²) in [5.41, 5.74) is 5.63. The summed E-state index contributed by atoms with van der Waals surface area (Å²) in [6.45, 7) is 0.0134. The number of ether oxygens (including phenoxy) is 1. The molecule has 0 saturated heterocycles. The monoisotopic (exact) mass is 221 g/mol. The molecule has 0 saturated carbocycles. The van der Waals surface area contributed by atoms with E-state index in [2.05, 4.69) is 4.74 Å². The van der Waals surface area contributed by atoms with Gasteiger partial charge in [-0.2, -0.15) is 0 Å². The molecule has 15 heavy (non-hydrogen) atoms. The van der Waals surface area contributed by atoms with Crippen LogP contribution in [0.2, 0.25) is 0 Å². The van der Waals surface area contributed by atoms with Crippen molar-refractivity contribution >= 4 is 0 Å². The molecule has 1 aromatic rings. The fourth-order valence-electron chi connectivity index (χ4n) is 1.03. The summed E-state index contributed by atoms with van der Waals surface area (Å²) < 4.78 is 39.0. The van der Waals surface area contributed by atoms with Gasteiger partial charge >= 0.3 is 6.36 Å². The molecular weight excluding hydrogens is 211 g/mol. The zero-order valence-corrected chi connectivity index (χ0v) is 7.66. The van der Waals surface area contributed by atoms with Crippen molar-refractivity contribution in [3.05, 3.63) is 29.8 Å². The zero-order valence-electron chi connectivity index (χ0n) is 7.66. The van der Waals surface area contributed by atoms with Crippen molar-refractivity contribution < 1.29 is 23.0 Å². The van der Waals surface area contributed by atoms with Crippen LogP contribution in [0.5, 0.6) is 5.75 Å².